The summed E-state index contributed by atoms with van der Waals surface area (Å²) in [5, 5.41) is 8.85. The number of hydrogen-bond donors (Lipinski definition) is 0. The van der Waals surface area contributed by atoms with E-state index in [0.29, 0.717) is 0 Å². The van der Waals surface area contributed by atoms with E-state index in [4.69, 9.17) is 28.8 Å². The lowest BCUT2D eigenvalue weighted by Gasteiger charge is -2.32. The highest BCUT2D eigenvalue weighted by Crippen LogP contribution is 2.35. The Morgan fingerprint density at radius 1 is 1.18 bits per heavy atom. The van der Waals surface area contributed by atoms with Crippen LogP contribution in [0.1, 0.15) is 32.1 Å². The summed E-state index contributed by atoms with van der Waals surface area (Å²) >= 11 is 11.2. The van der Waals surface area contributed by atoms with Gasteiger partial charge in [-0.3, -0.25) is 0 Å². The predicted molar refractivity (Wildman–Crippen MR) is 45.0 cm³/mol. The monoisotopic (exact) mass is 192 g/mol. The molecule has 0 N–H and O–H groups in total. The van der Waals surface area contributed by atoms with Crippen molar-refractivity contribution in [2.24, 2.45) is 0 Å². The van der Waals surface area contributed by atoms with Crippen LogP contribution in [-0.4, -0.2) is 9.48 Å². The summed E-state index contributed by atoms with van der Waals surface area (Å²) in [5.41, 5.74) is -0.610. The Balaban J connectivity index is 2.67. The standard InChI is InChI=1S/C7H10Cl2N2/c8-11(9)7(6-10)4-2-1-3-5-7/h1-5H2. The fraction of sp³-hybridized carbons (Fsp3) is 0.857. The third-order valence-corrected chi connectivity index (χ3v) is 2.86. The average molecular weight is 193 g/mol. The van der Waals surface area contributed by atoms with Gasteiger partial charge in [0.2, 0.25) is 0 Å². The summed E-state index contributed by atoms with van der Waals surface area (Å²) in [4.78, 5) is 0. The molecule has 1 aliphatic rings. The van der Waals surface area contributed by atoms with Gasteiger partial charge >= 0.3 is 0 Å². The first-order chi connectivity index (χ1) is 5.21. The molecule has 0 aromatic heterocycles. The summed E-state index contributed by atoms with van der Waals surface area (Å²) in [7, 11) is 0. The second-order valence-electron chi connectivity index (χ2n) is 2.94. The molecule has 1 aliphatic carbocycles. The van der Waals surface area contributed by atoms with Crippen LogP contribution < -0.4 is 0 Å². The molecule has 0 aliphatic heterocycles. The van der Waals surface area contributed by atoms with Crippen molar-refractivity contribution in [2.45, 2.75) is 37.6 Å². The van der Waals surface area contributed by atoms with Gasteiger partial charge in [-0.1, -0.05) is 19.3 Å². The zero-order chi connectivity index (χ0) is 8.32. The molecule has 62 valence electrons. The predicted octanol–water partition coefficient (Wildman–Crippen LogP) is 2.82. The molecule has 0 unspecified atom stereocenters. The molecule has 0 aromatic carbocycles. The van der Waals surface area contributed by atoms with Gasteiger partial charge in [-0.2, -0.15) is 5.26 Å². The highest BCUT2D eigenvalue weighted by atomic mass is 35.5. The van der Waals surface area contributed by atoms with Crippen LogP contribution in [0.5, 0.6) is 0 Å². The SMILES string of the molecule is N#CC1(N(Cl)Cl)CCCCC1. The molecule has 0 heterocycles. The molecule has 2 nitrogen and oxygen atoms in total. The first-order valence-corrected chi connectivity index (χ1v) is 4.42. The maximum atomic E-state index is 8.85. The molecule has 1 fully saturated rings. The lowest BCUT2D eigenvalue weighted by atomic mass is 9.84. The number of hydrogen-bond acceptors (Lipinski definition) is 2. The van der Waals surface area contributed by atoms with Gasteiger partial charge < -0.3 is 0 Å². The van der Waals surface area contributed by atoms with Crippen LogP contribution in [-0.2, 0) is 0 Å². The topological polar surface area (TPSA) is 27.0 Å². The van der Waals surface area contributed by atoms with E-state index < -0.39 is 5.54 Å². The first-order valence-electron chi connectivity index (χ1n) is 3.74. The molecule has 11 heavy (non-hydrogen) atoms. The van der Waals surface area contributed by atoms with Crippen molar-refractivity contribution in [1.82, 2.24) is 3.94 Å². The van der Waals surface area contributed by atoms with Gasteiger partial charge in [-0.15, -0.1) is 3.94 Å². The largest absolute Gasteiger partial charge is 0.196 e. The van der Waals surface area contributed by atoms with Crippen molar-refractivity contribution < 1.29 is 0 Å². The van der Waals surface area contributed by atoms with Gasteiger partial charge in [-0.05, 0) is 36.4 Å². The van der Waals surface area contributed by atoms with Gasteiger partial charge in [-0.25, -0.2) is 0 Å². The Labute approximate surface area is 76.9 Å². The first kappa shape index (κ1) is 9.12. The summed E-state index contributed by atoms with van der Waals surface area (Å²) in [6.45, 7) is 0. The summed E-state index contributed by atoms with van der Waals surface area (Å²) in [5.74, 6) is 0. The Morgan fingerprint density at radius 3 is 2.00 bits per heavy atom. The van der Waals surface area contributed by atoms with E-state index in [1.165, 1.54) is 6.42 Å². The molecule has 0 radical (unpaired) electrons. The van der Waals surface area contributed by atoms with Crippen molar-refractivity contribution in [3.63, 3.8) is 0 Å². The second kappa shape index (κ2) is 3.62. The number of rotatable bonds is 1. The van der Waals surface area contributed by atoms with E-state index in [1.54, 1.807) is 0 Å². The molecule has 4 heteroatoms. The minimum absolute atomic E-state index is 0.610. The van der Waals surface area contributed by atoms with Crippen LogP contribution in [0.4, 0.5) is 0 Å². The van der Waals surface area contributed by atoms with E-state index in [9.17, 15) is 0 Å². The molecule has 0 aromatic rings. The fourth-order valence-corrected chi connectivity index (χ4v) is 1.87. The minimum atomic E-state index is -0.610. The summed E-state index contributed by atoms with van der Waals surface area (Å²) in [6.07, 6.45) is 4.85. The van der Waals surface area contributed by atoms with Crippen LogP contribution in [0.15, 0.2) is 0 Å². The highest BCUT2D eigenvalue weighted by molar-refractivity contribution is 6.34. The highest BCUT2D eigenvalue weighted by Gasteiger charge is 2.37. The van der Waals surface area contributed by atoms with Crippen LogP contribution in [0.2, 0.25) is 0 Å². The molecule has 0 atom stereocenters. The Morgan fingerprint density at radius 2 is 1.73 bits per heavy atom. The van der Waals surface area contributed by atoms with E-state index >= 15 is 0 Å². The quantitative estimate of drug-likeness (QED) is 0.598. The van der Waals surface area contributed by atoms with Crippen molar-refractivity contribution in [2.75, 3.05) is 0 Å². The summed E-state index contributed by atoms with van der Waals surface area (Å²) < 4.78 is 1.02. The lowest BCUT2D eigenvalue weighted by Crippen LogP contribution is -2.38. The van der Waals surface area contributed by atoms with Gasteiger partial charge in [0.25, 0.3) is 0 Å². The Hall–Kier alpha value is 0.0300. The maximum absolute atomic E-state index is 8.85. The molecular weight excluding hydrogens is 183 g/mol. The van der Waals surface area contributed by atoms with Gasteiger partial charge in [0, 0.05) is 0 Å². The van der Waals surface area contributed by atoms with E-state index in [-0.39, 0.29) is 0 Å². The molecule has 0 amide bonds. The molecule has 0 bridgehead atoms. The maximum Gasteiger partial charge on any atom is 0.138 e. The zero-order valence-corrected chi connectivity index (χ0v) is 7.70. The number of nitrogens with zero attached hydrogens (tertiary/aromatic N) is 2. The third-order valence-electron chi connectivity index (χ3n) is 2.21. The molecule has 1 saturated carbocycles. The second-order valence-corrected chi connectivity index (χ2v) is 3.79. The van der Waals surface area contributed by atoms with Crippen molar-refractivity contribution >= 4 is 23.6 Å². The van der Waals surface area contributed by atoms with E-state index in [2.05, 4.69) is 6.07 Å². The molecule has 1 rings (SSSR count). The fourth-order valence-electron chi connectivity index (χ4n) is 1.46. The normalized spacial score (nSPS) is 23.1. The van der Waals surface area contributed by atoms with E-state index in [0.717, 1.165) is 29.6 Å². The Bertz CT molecular complexity index is 168. The average Bonchev–Trinajstić information content (AvgIpc) is 2.05. The number of halogens is 2. The summed E-state index contributed by atoms with van der Waals surface area (Å²) in [6, 6.07) is 2.18. The number of nitriles is 1. The van der Waals surface area contributed by atoms with E-state index in [1.807, 2.05) is 0 Å². The smallest absolute Gasteiger partial charge is 0.138 e. The van der Waals surface area contributed by atoms with Crippen molar-refractivity contribution in [3.05, 3.63) is 0 Å². The molecular formula is C7H10Cl2N2. The van der Waals surface area contributed by atoms with Gasteiger partial charge in [0.1, 0.15) is 5.54 Å². The van der Waals surface area contributed by atoms with Gasteiger partial charge in [0.15, 0.2) is 0 Å². The molecule has 0 saturated heterocycles. The van der Waals surface area contributed by atoms with Crippen LogP contribution >= 0.6 is 23.6 Å². The van der Waals surface area contributed by atoms with Gasteiger partial charge in [0.05, 0.1) is 6.07 Å². The third kappa shape index (κ3) is 1.79. The van der Waals surface area contributed by atoms with Crippen LogP contribution in [0.25, 0.3) is 0 Å². The van der Waals surface area contributed by atoms with Crippen LogP contribution in [0, 0.1) is 11.3 Å². The lowest BCUT2D eigenvalue weighted by molar-refractivity contribution is 0.269. The minimum Gasteiger partial charge on any atom is -0.196 e. The van der Waals surface area contributed by atoms with Crippen LogP contribution in [0.3, 0.4) is 0 Å². The molecule has 0 spiro atoms. The Kier molecular flexibility index (Phi) is 3.00. The van der Waals surface area contributed by atoms with Crippen molar-refractivity contribution in [3.8, 4) is 6.07 Å². The zero-order valence-electron chi connectivity index (χ0n) is 6.19. The van der Waals surface area contributed by atoms with Crippen molar-refractivity contribution in [1.29, 1.82) is 5.26 Å².